The summed E-state index contributed by atoms with van der Waals surface area (Å²) in [5.41, 5.74) is 2.39. The molecule has 0 saturated carbocycles. The maximum atomic E-state index is 11.4. The molecule has 1 aromatic carbocycles. The zero-order valence-electron chi connectivity index (χ0n) is 17.2. The molecule has 0 atom stereocenters. The van der Waals surface area contributed by atoms with Crippen molar-refractivity contribution in [3.63, 3.8) is 0 Å². The van der Waals surface area contributed by atoms with Crippen LogP contribution in [-0.2, 0) is 11.2 Å². The first-order chi connectivity index (χ1) is 12.7. The maximum absolute atomic E-state index is 11.4. The molecule has 6 nitrogen and oxygen atoms in total. The van der Waals surface area contributed by atoms with E-state index < -0.39 is 0 Å². The average Bonchev–Trinajstić information content (AvgIpc) is 2.62. The van der Waals surface area contributed by atoms with Crippen LogP contribution in [0.1, 0.15) is 46.6 Å². The van der Waals surface area contributed by atoms with Gasteiger partial charge in [0.15, 0.2) is 5.96 Å². The van der Waals surface area contributed by atoms with E-state index in [1.54, 1.807) is 0 Å². The number of ether oxygens (including phenoxy) is 1. The third-order valence-corrected chi connectivity index (χ3v) is 6.07. The predicted octanol–water partition coefficient (Wildman–Crippen LogP) is 3.04. The van der Waals surface area contributed by atoms with E-state index >= 15 is 0 Å². The van der Waals surface area contributed by atoms with E-state index in [9.17, 15) is 4.79 Å². The van der Waals surface area contributed by atoms with E-state index in [1.165, 1.54) is 0 Å². The molecule has 148 valence electrons. The van der Waals surface area contributed by atoms with Gasteiger partial charge in [-0.2, -0.15) is 0 Å². The molecule has 0 bridgehead atoms. The Labute approximate surface area is 162 Å². The number of aliphatic imine (C=N–C) groups is 1. The summed E-state index contributed by atoms with van der Waals surface area (Å²) in [5, 5.41) is 6.29. The average molecular weight is 373 g/mol. The first-order valence-electron chi connectivity index (χ1n) is 9.86. The summed E-state index contributed by atoms with van der Waals surface area (Å²) in [5.74, 6) is 1.87. The summed E-state index contributed by atoms with van der Waals surface area (Å²) in [6.07, 6.45) is 1.30. The van der Waals surface area contributed by atoms with Crippen molar-refractivity contribution in [3.8, 4) is 5.75 Å². The summed E-state index contributed by atoms with van der Waals surface area (Å²) in [7, 11) is 0. The third-order valence-electron chi connectivity index (χ3n) is 6.07. The highest BCUT2D eigenvalue weighted by Crippen LogP contribution is 2.46. The standard InChI is InChI=1S/C21H32N4O2/c1-6-22-19(25-14-20(2,3)21(25,4)5)23-11-12-27-16-8-9-17-15(13-16)7-10-18(26)24-17/h8-9,13H,6-7,10-12,14H2,1-5H3,(H,22,23)(H,24,26). The number of rotatable bonds is 5. The predicted molar refractivity (Wildman–Crippen MR) is 109 cm³/mol. The molecular weight excluding hydrogens is 340 g/mol. The minimum atomic E-state index is 0.0811. The molecule has 0 spiro atoms. The molecular formula is C21H32N4O2. The number of hydrogen-bond donors (Lipinski definition) is 2. The SMILES string of the molecule is CCNC(=NCCOc1ccc2c(c1)CCC(=O)N2)N1CC(C)(C)C1(C)C. The van der Waals surface area contributed by atoms with Crippen molar-refractivity contribution >= 4 is 17.6 Å². The van der Waals surface area contributed by atoms with Crippen molar-refractivity contribution in [1.82, 2.24) is 10.2 Å². The van der Waals surface area contributed by atoms with E-state index in [-0.39, 0.29) is 16.9 Å². The van der Waals surface area contributed by atoms with Gasteiger partial charge in [0.2, 0.25) is 5.91 Å². The van der Waals surface area contributed by atoms with Gasteiger partial charge in [0.25, 0.3) is 0 Å². The summed E-state index contributed by atoms with van der Waals surface area (Å²) in [6.45, 7) is 14.2. The van der Waals surface area contributed by atoms with E-state index in [2.05, 4.69) is 50.2 Å². The fourth-order valence-electron chi connectivity index (χ4n) is 3.56. The second-order valence-corrected chi connectivity index (χ2v) is 8.48. The number of nitrogens with zero attached hydrogens (tertiary/aromatic N) is 2. The van der Waals surface area contributed by atoms with Gasteiger partial charge < -0.3 is 20.3 Å². The second kappa shape index (κ2) is 7.41. The Hall–Kier alpha value is -2.24. The number of benzene rings is 1. The molecule has 0 unspecified atom stereocenters. The van der Waals surface area contributed by atoms with Gasteiger partial charge in [0.05, 0.1) is 6.54 Å². The number of aryl methyl sites for hydroxylation is 1. The Balaban J connectivity index is 1.57. The Bertz CT molecular complexity index is 740. The number of likely N-dealkylation sites (tertiary alicyclic amines) is 1. The van der Waals surface area contributed by atoms with E-state index in [0.717, 1.165) is 42.5 Å². The summed E-state index contributed by atoms with van der Waals surface area (Å²) in [4.78, 5) is 18.5. The fourth-order valence-corrected chi connectivity index (χ4v) is 3.56. The van der Waals surface area contributed by atoms with Gasteiger partial charge in [-0.05, 0) is 51.0 Å². The molecule has 27 heavy (non-hydrogen) atoms. The van der Waals surface area contributed by atoms with Gasteiger partial charge in [-0.1, -0.05) is 13.8 Å². The molecule has 1 amide bonds. The van der Waals surface area contributed by atoms with Crippen molar-refractivity contribution < 1.29 is 9.53 Å². The van der Waals surface area contributed by atoms with Crippen molar-refractivity contribution in [1.29, 1.82) is 0 Å². The van der Waals surface area contributed by atoms with Gasteiger partial charge in [0, 0.05) is 36.2 Å². The molecule has 1 saturated heterocycles. The number of guanidine groups is 1. The maximum Gasteiger partial charge on any atom is 0.224 e. The largest absolute Gasteiger partial charge is 0.492 e. The van der Waals surface area contributed by atoms with Crippen molar-refractivity contribution in [2.75, 3.05) is 31.6 Å². The van der Waals surface area contributed by atoms with Crippen LogP contribution in [0.4, 0.5) is 5.69 Å². The number of carbonyl (C=O) groups excluding carboxylic acids is 1. The first-order valence-corrected chi connectivity index (χ1v) is 9.86. The summed E-state index contributed by atoms with van der Waals surface area (Å²) >= 11 is 0. The number of nitrogens with one attached hydrogen (secondary N) is 2. The minimum Gasteiger partial charge on any atom is -0.492 e. The zero-order chi connectivity index (χ0) is 19.7. The lowest BCUT2D eigenvalue weighted by atomic mass is 9.65. The number of carbonyl (C=O) groups is 1. The van der Waals surface area contributed by atoms with Gasteiger partial charge in [-0.15, -0.1) is 0 Å². The van der Waals surface area contributed by atoms with Crippen LogP contribution in [0.15, 0.2) is 23.2 Å². The minimum absolute atomic E-state index is 0.0811. The first kappa shape index (κ1) is 19.5. The molecule has 2 N–H and O–H groups in total. The number of fused-ring (bicyclic) bond motifs is 1. The topological polar surface area (TPSA) is 66.0 Å². The van der Waals surface area contributed by atoms with Crippen molar-refractivity contribution in [2.24, 2.45) is 10.4 Å². The number of anilines is 1. The number of amides is 1. The van der Waals surface area contributed by atoms with E-state index in [0.29, 0.717) is 19.6 Å². The summed E-state index contributed by atoms with van der Waals surface area (Å²) in [6, 6.07) is 5.84. The molecule has 1 aromatic rings. The Morgan fingerprint density at radius 1 is 1.30 bits per heavy atom. The van der Waals surface area contributed by atoms with Crippen LogP contribution in [-0.4, -0.2) is 48.5 Å². The highest BCUT2D eigenvalue weighted by atomic mass is 16.5. The Morgan fingerprint density at radius 2 is 2.07 bits per heavy atom. The molecule has 1 fully saturated rings. The van der Waals surface area contributed by atoms with Crippen LogP contribution < -0.4 is 15.4 Å². The monoisotopic (exact) mass is 372 g/mol. The van der Waals surface area contributed by atoms with Crippen LogP contribution in [0.3, 0.4) is 0 Å². The normalized spacial score (nSPS) is 20.4. The number of hydrogen-bond acceptors (Lipinski definition) is 3. The zero-order valence-corrected chi connectivity index (χ0v) is 17.2. The van der Waals surface area contributed by atoms with E-state index in [4.69, 9.17) is 9.73 Å². The van der Waals surface area contributed by atoms with E-state index in [1.807, 2.05) is 18.2 Å². The fraction of sp³-hybridized carbons (Fsp3) is 0.619. The van der Waals surface area contributed by atoms with Crippen LogP contribution in [0.2, 0.25) is 0 Å². The molecule has 2 aliphatic heterocycles. The molecule has 2 heterocycles. The molecule has 0 aliphatic carbocycles. The second-order valence-electron chi connectivity index (χ2n) is 8.48. The van der Waals surface area contributed by atoms with Crippen molar-refractivity contribution in [3.05, 3.63) is 23.8 Å². The lowest BCUT2D eigenvalue weighted by molar-refractivity contribution is -0.116. The molecule has 0 radical (unpaired) electrons. The van der Waals surface area contributed by atoms with Crippen LogP contribution in [0.5, 0.6) is 5.75 Å². The van der Waals surface area contributed by atoms with Crippen LogP contribution in [0, 0.1) is 5.41 Å². The quantitative estimate of drug-likeness (QED) is 0.474. The van der Waals surface area contributed by atoms with Gasteiger partial charge >= 0.3 is 0 Å². The Morgan fingerprint density at radius 3 is 2.74 bits per heavy atom. The molecule has 2 aliphatic rings. The molecule has 0 aromatic heterocycles. The van der Waals surface area contributed by atoms with Gasteiger partial charge in [-0.25, -0.2) is 4.99 Å². The van der Waals surface area contributed by atoms with Crippen molar-refractivity contribution in [2.45, 2.75) is 53.0 Å². The third kappa shape index (κ3) is 3.89. The van der Waals surface area contributed by atoms with Crippen LogP contribution >= 0.6 is 0 Å². The molecule has 6 heteroatoms. The Kier molecular flexibility index (Phi) is 5.36. The highest BCUT2D eigenvalue weighted by Gasteiger charge is 2.53. The molecule has 3 rings (SSSR count). The summed E-state index contributed by atoms with van der Waals surface area (Å²) < 4.78 is 5.89. The van der Waals surface area contributed by atoms with Gasteiger partial charge in [0.1, 0.15) is 12.4 Å². The lowest BCUT2D eigenvalue weighted by Gasteiger charge is -2.62. The highest BCUT2D eigenvalue weighted by molar-refractivity contribution is 5.94. The van der Waals surface area contributed by atoms with Gasteiger partial charge in [-0.3, -0.25) is 4.79 Å². The lowest BCUT2D eigenvalue weighted by Crippen LogP contribution is -2.72. The van der Waals surface area contributed by atoms with Crippen LogP contribution in [0.25, 0.3) is 0 Å². The smallest absolute Gasteiger partial charge is 0.224 e.